The van der Waals surface area contributed by atoms with Crippen LogP contribution in [0.5, 0.6) is 0 Å². The lowest BCUT2D eigenvalue weighted by molar-refractivity contribution is -0.0827. The lowest BCUT2D eigenvalue weighted by Gasteiger charge is -2.21. The van der Waals surface area contributed by atoms with Crippen molar-refractivity contribution >= 4 is 17.8 Å². The summed E-state index contributed by atoms with van der Waals surface area (Å²) in [5.74, 6) is 0.123. The zero-order valence-corrected chi connectivity index (χ0v) is 17.3. The van der Waals surface area contributed by atoms with Gasteiger partial charge in [0.2, 0.25) is 0 Å². The number of ether oxygens (including phenoxy) is 2. The molecule has 0 aliphatic rings. The summed E-state index contributed by atoms with van der Waals surface area (Å²) >= 11 is 0. The predicted molar refractivity (Wildman–Crippen MR) is 96.4 cm³/mol. The molecule has 0 aromatic carbocycles. The molecule has 0 radical (unpaired) electrons. The van der Waals surface area contributed by atoms with Crippen LogP contribution in [0.3, 0.4) is 0 Å². The average molecular weight is 336 g/mol. The zero-order valence-electron chi connectivity index (χ0n) is 14.9. The molecule has 0 aliphatic carbocycles. The van der Waals surface area contributed by atoms with E-state index < -0.39 is 8.32 Å². The van der Waals surface area contributed by atoms with Crippen molar-refractivity contribution in [3.05, 3.63) is 0 Å². The van der Waals surface area contributed by atoms with E-state index in [1.165, 1.54) is 24.9 Å². The Labute approximate surface area is 135 Å². The molecule has 1 N–H and O–H groups in total. The minimum atomic E-state index is -1.38. The lowest BCUT2D eigenvalue weighted by Crippen LogP contribution is -2.31. The quantitative estimate of drug-likeness (QED) is 0.284. The molecule has 6 heteroatoms. The first kappa shape index (κ1) is 21.3. The molecular formula is C15H37NO3Si2. The molecule has 0 atom stereocenters. The van der Waals surface area contributed by atoms with Gasteiger partial charge < -0.3 is 19.2 Å². The van der Waals surface area contributed by atoms with Crippen LogP contribution in [0.15, 0.2) is 0 Å². The van der Waals surface area contributed by atoms with Gasteiger partial charge in [-0.15, -0.1) is 0 Å². The third-order valence-electron chi connectivity index (χ3n) is 3.42. The molecule has 128 valence electrons. The summed E-state index contributed by atoms with van der Waals surface area (Å²) in [4.78, 5) is 0. The van der Waals surface area contributed by atoms with Crippen molar-refractivity contribution < 1.29 is 13.9 Å². The molecule has 0 heterocycles. The Morgan fingerprint density at radius 3 is 2.14 bits per heavy atom. The summed E-state index contributed by atoms with van der Waals surface area (Å²) in [7, 11) is -1.64. The van der Waals surface area contributed by atoms with Gasteiger partial charge in [0.25, 0.3) is 0 Å². The maximum absolute atomic E-state index is 5.84. The summed E-state index contributed by atoms with van der Waals surface area (Å²) in [5.41, 5.74) is 0. The molecular weight excluding hydrogens is 298 g/mol. The van der Waals surface area contributed by atoms with Crippen molar-refractivity contribution in [3.63, 3.8) is 0 Å². The van der Waals surface area contributed by atoms with Gasteiger partial charge in [-0.2, -0.15) is 0 Å². The Kier molecular flexibility index (Phi) is 14.1. The normalized spacial score (nSPS) is 12.9. The van der Waals surface area contributed by atoms with Gasteiger partial charge in [0.15, 0.2) is 8.32 Å². The molecule has 0 saturated carbocycles. The second kappa shape index (κ2) is 13.9. The highest BCUT2D eigenvalue weighted by atomic mass is 28.4. The van der Waals surface area contributed by atoms with Crippen molar-refractivity contribution in [2.75, 3.05) is 32.9 Å². The van der Waals surface area contributed by atoms with Crippen molar-refractivity contribution in [1.29, 1.82) is 0 Å². The number of rotatable bonds is 15. The third-order valence-corrected chi connectivity index (χ3v) is 7.89. The molecule has 0 bridgehead atoms. The van der Waals surface area contributed by atoms with E-state index in [1.807, 2.05) is 13.8 Å². The largest absolute Gasteiger partial charge is 0.418 e. The fraction of sp³-hybridized carbons (Fsp3) is 1.00. The van der Waals surface area contributed by atoms with Crippen LogP contribution >= 0.6 is 0 Å². The molecule has 0 aromatic rings. The first-order valence-corrected chi connectivity index (χ1v) is 13.6. The summed E-state index contributed by atoms with van der Waals surface area (Å²) in [6.45, 7) is 15.4. The van der Waals surface area contributed by atoms with Crippen LogP contribution in [0.25, 0.3) is 0 Å². The Morgan fingerprint density at radius 1 is 0.952 bits per heavy atom. The van der Waals surface area contributed by atoms with Gasteiger partial charge in [0, 0.05) is 19.8 Å². The standard InChI is InChI=1S/C15H37NO3Si2/c1-6-17-15(18-7-2)20-13-9-11-16-12-10-14-21(4,5)19-8-3/h15-16H,6-14,20H2,1-5H3. The van der Waals surface area contributed by atoms with E-state index >= 15 is 0 Å². The summed E-state index contributed by atoms with van der Waals surface area (Å²) < 4.78 is 17.0. The molecule has 0 spiro atoms. The summed E-state index contributed by atoms with van der Waals surface area (Å²) in [6, 6.07) is 2.54. The van der Waals surface area contributed by atoms with Crippen molar-refractivity contribution in [2.45, 2.75) is 64.7 Å². The van der Waals surface area contributed by atoms with Gasteiger partial charge in [0.1, 0.15) is 5.91 Å². The van der Waals surface area contributed by atoms with Crippen molar-refractivity contribution in [1.82, 2.24) is 5.32 Å². The maximum Gasteiger partial charge on any atom is 0.186 e. The number of hydrogen-bond donors (Lipinski definition) is 1. The molecule has 0 aliphatic heterocycles. The Hall–Kier alpha value is 0.274. The Balaban J connectivity index is 3.43. The molecule has 0 aromatic heterocycles. The van der Waals surface area contributed by atoms with E-state index in [4.69, 9.17) is 13.9 Å². The predicted octanol–water partition coefficient (Wildman–Crippen LogP) is 2.54. The second-order valence-corrected chi connectivity index (χ2v) is 12.1. The second-order valence-electron chi connectivity index (χ2n) is 5.88. The molecule has 0 saturated heterocycles. The topological polar surface area (TPSA) is 39.7 Å². The van der Waals surface area contributed by atoms with Gasteiger partial charge in [-0.3, -0.25) is 0 Å². The fourth-order valence-electron chi connectivity index (χ4n) is 2.37. The molecule has 0 unspecified atom stereocenters. The fourth-order valence-corrected chi connectivity index (χ4v) is 6.01. The Bertz CT molecular complexity index is 225. The van der Waals surface area contributed by atoms with Gasteiger partial charge in [0.05, 0.1) is 9.52 Å². The highest BCUT2D eigenvalue weighted by Crippen LogP contribution is 2.12. The van der Waals surface area contributed by atoms with E-state index in [0.717, 1.165) is 32.9 Å². The highest BCUT2D eigenvalue weighted by Gasteiger charge is 2.20. The van der Waals surface area contributed by atoms with E-state index in [2.05, 4.69) is 25.3 Å². The van der Waals surface area contributed by atoms with Gasteiger partial charge in [-0.05, 0) is 65.8 Å². The molecule has 21 heavy (non-hydrogen) atoms. The number of hydrogen-bond acceptors (Lipinski definition) is 4. The smallest absolute Gasteiger partial charge is 0.186 e. The average Bonchev–Trinajstić information content (AvgIpc) is 2.42. The molecule has 0 rings (SSSR count). The van der Waals surface area contributed by atoms with E-state index in [-0.39, 0.29) is 15.4 Å². The monoisotopic (exact) mass is 335 g/mol. The first-order chi connectivity index (χ1) is 10.1. The van der Waals surface area contributed by atoms with Crippen molar-refractivity contribution in [3.8, 4) is 0 Å². The van der Waals surface area contributed by atoms with Gasteiger partial charge >= 0.3 is 0 Å². The SMILES string of the molecule is CCOC(OCC)[SiH2]CCCNCCC[Si](C)(C)OCC. The Morgan fingerprint density at radius 2 is 1.57 bits per heavy atom. The third kappa shape index (κ3) is 13.6. The van der Waals surface area contributed by atoms with Gasteiger partial charge in [-0.1, -0.05) is 6.04 Å². The van der Waals surface area contributed by atoms with Crippen molar-refractivity contribution in [2.24, 2.45) is 0 Å². The minimum absolute atomic E-state index is 0.123. The molecule has 0 amide bonds. The zero-order chi connectivity index (χ0) is 16.0. The minimum Gasteiger partial charge on any atom is -0.418 e. The molecule has 4 nitrogen and oxygen atoms in total. The highest BCUT2D eigenvalue weighted by molar-refractivity contribution is 6.71. The van der Waals surface area contributed by atoms with Crippen LogP contribution in [0.2, 0.25) is 25.2 Å². The van der Waals surface area contributed by atoms with E-state index in [0.29, 0.717) is 0 Å². The van der Waals surface area contributed by atoms with Crippen LogP contribution in [0, 0.1) is 0 Å². The number of nitrogens with one attached hydrogen (secondary N) is 1. The van der Waals surface area contributed by atoms with Gasteiger partial charge in [-0.25, -0.2) is 0 Å². The summed E-state index contributed by atoms with van der Waals surface area (Å²) in [5, 5.41) is 3.55. The van der Waals surface area contributed by atoms with Crippen LogP contribution in [0.4, 0.5) is 0 Å². The van der Waals surface area contributed by atoms with Crippen LogP contribution in [0.1, 0.15) is 33.6 Å². The molecule has 0 fully saturated rings. The van der Waals surface area contributed by atoms with Crippen LogP contribution in [-0.2, 0) is 13.9 Å². The first-order valence-electron chi connectivity index (χ1n) is 8.63. The van der Waals surface area contributed by atoms with Crippen LogP contribution in [-0.4, -0.2) is 56.7 Å². The lowest BCUT2D eigenvalue weighted by atomic mass is 10.4. The maximum atomic E-state index is 5.84. The van der Waals surface area contributed by atoms with Crippen LogP contribution < -0.4 is 5.32 Å². The summed E-state index contributed by atoms with van der Waals surface area (Å²) in [6.07, 6.45) is 2.48. The van der Waals surface area contributed by atoms with E-state index in [9.17, 15) is 0 Å². The van der Waals surface area contributed by atoms with E-state index in [1.54, 1.807) is 0 Å².